The molecule has 6 heteroatoms. The first-order chi connectivity index (χ1) is 7.02. The minimum atomic E-state index is -1.16. The Morgan fingerprint density at radius 1 is 1.40 bits per heavy atom. The molecule has 0 fully saturated rings. The molecular weight excluding hydrogens is 222 g/mol. The van der Waals surface area contributed by atoms with Crippen LogP contribution in [0.2, 0.25) is 5.02 Å². The molecule has 5 nitrogen and oxygen atoms in total. The highest BCUT2D eigenvalue weighted by Crippen LogP contribution is 2.41. The van der Waals surface area contributed by atoms with Crippen molar-refractivity contribution in [2.45, 2.75) is 0 Å². The molecule has 1 aromatic rings. The van der Waals surface area contributed by atoms with Crippen LogP contribution in [-0.2, 0) is 0 Å². The third-order valence-corrected chi connectivity index (χ3v) is 2.19. The van der Waals surface area contributed by atoms with Crippen molar-refractivity contribution in [1.29, 1.82) is 0 Å². The van der Waals surface area contributed by atoms with E-state index < -0.39 is 5.97 Å². The van der Waals surface area contributed by atoms with Gasteiger partial charge in [0.2, 0.25) is 0 Å². The van der Waals surface area contributed by atoms with Crippen LogP contribution in [-0.4, -0.2) is 25.3 Å². The van der Waals surface area contributed by atoms with Gasteiger partial charge in [-0.15, -0.1) is 0 Å². The van der Waals surface area contributed by atoms with Crippen LogP contribution in [0.5, 0.6) is 11.5 Å². The topological polar surface area (TPSA) is 81.8 Å². The number of methoxy groups -OCH3 is 2. The Labute approximate surface area is 91.4 Å². The van der Waals surface area contributed by atoms with E-state index in [0.717, 1.165) is 0 Å². The van der Waals surface area contributed by atoms with E-state index in [1.165, 1.54) is 20.3 Å². The summed E-state index contributed by atoms with van der Waals surface area (Å²) >= 11 is 5.87. The molecule has 1 aromatic carbocycles. The van der Waals surface area contributed by atoms with Crippen LogP contribution in [0.3, 0.4) is 0 Å². The predicted octanol–water partition coefficient (Wildman–Crippen LogP) is 1.64. The van der Waals surface area contributed by atoms with Gasteiger partial charge in [0, 0.05) is 0 Å². The number of nitrogens with two attached hydrogens (primary N) is 1. The molecule has 1 rings (SSSR count). The van der Waals surface area contributed by atoms with Crippen molar-refractivity contribution >= 4 is 23.3 Å². The smallest absolute Gasteiger partial charge is 0.339 e. The van der Waals surface area contributed by atoms with E-state index in [2.05, 4.69) is 0 Å². The average molecular weight is 232 g/mol. The maximum atomic E-state index is 10.8. The average Bonchev–Trinajstić information content (AvgIpc) is 2.17. The third kappa shape index (κ3) is 1.92. The lowest BCUT2D eigenvalue weighted by Gasteiger charge is -2.12. The highest BCUT2D eigenvalue weighted by atomic mass is 35.5. The van der Waals surface area contributed by atoms with Crippen LogP contribution in [0.25, 0.3) is 0 Å². The molecule has 0 atom stereocenters. The molecule has 0 aliphatic rings. The Morgan fingerprint density at radius 2 is 1.93 bits per heavy atom. The van der Waals surface area contributed by atoms with Crippen molar-refractivity contribution in [3.8, 4) is 11.5 Å². The van der Waals surface area contributed by atoms with E-state index in [9.17, 15) is 4.79 Å². The first-order valence-electron chi connectivity index (χ1n) is 3.96. The summed E-state index contributed by atoms with van der Waals surface area (Å²) in [5.74, 6) is -0.920. The molecule has 3 N–H and O–H groups in total. The van der Waals surface area contributed by atoms with Crippen LogP contribution < -0.4 is 15.2 Å². The van der Waals surface area contributed by atoms with Crippen LogP contribution in [0.15, 0.2) is 6.07 Å². The maximum Gasteiger partial charge on any atom is 0.339 e. The van der Waals surface area contributed by atoms with E-state index >= 15 is 0 Å². The van der Waals surface area contributed by atoms with Crippen LogP contribution in [0.1, 0.15) is 10.4 Å². The van der Waals surface area contributed by atoms with Gasteiger partial charge in [0.25, 0.3) is 0 Å². The first kappa shape index (κ1) is 11.5. The Morgan fingerprint density at radius 3 is 2.33 bits per heavy atom. The molecule has 0 heterocycles. The van der Waals surface area contributed by atoms with E-state index in [1.807, 2.05) is 0 Å². The van der Waals surface area contributed by atoms with Gasteiger partial charge in [0.1, 0.15) is 10.6 Å². The Kier molecular flexibility index (Phi) is 3.26. The van der Waals surface area contributed by atoms with Gasteiger partial charge in [-0.2, -0.15) is 0 Å². The number of rotatable bonds is 3. The standard InChI is InChI=1S/C9H10ClNO4/c1-14-7-4(9(12)13)3-5(11)8(15-2)6(7)10/h3H,11H2,1-2H3,(H,12,13). The second-order valence-corrected chi connectivity index (χ2v) is 3.08. The highest BCUT2D eigenvalue weighted by Gasteiger charge is 2.20. The number of carboxylic acid groups (broad SMARTS) is 1. The number of aromatic carboxylic acids is 1. The number of carbonyl (C=O) groups is 1. The lowest BCUT2D eigenvalue weighted by Crippen LogP contribution is -2.04. The second-order valence-electron chi connectivity index (χ2n) is 2.70. The lowest BCUT2D eigenvalue weighted by molar-refractivity contribution is 0.0693. The van der Waals surface area contributed by atoms with E-state index in [1.54, 1.807) is 0 Å². The third-order valence-electron chi connectivity index (χ3n) is 1.84. The summed E-state index contributed by atoms with van der Waals surface area (Å²) in [4.78, 5) is 10.8. The maximum absolute atomic E-state index is 10.8. The number of halogens is 1. The SMILES string of the molecule is COc1c(N)cc(C(=O)O)c(OC)c1Cl. The van der Waals surface area contributed by atoms with Crippen molar-refractivity contribution < 1.29 is 19.4 Å². The van der Waals surface area contributed by atoms with E-state index in [4.69, 9.17) is 31.9 Å². The molecule has 15 heavy (non-hydrogen) atoms. The van der Waals surface area contributed by atoms with Gasteiger partial charge >= 0.3 is 5.97 Å². The van der Waals surface area contributed by atoms with Gasteiger partial charge in [-0.1, -0.05) is 11.6 Å². The molecule has 0 bridgehead atoms. The summed E-state index contributed by atoms with van der Waals surface area (Å²) in [6.45, 7) is 0. The van der Waals surface area contributed by atoms with E-state index in [0.29, 0.717) is 0 Å². The zero-order chi connectivity index (χ0) is 11.6. The summed E-state index contributed by atoms with van der Waals surface area (Å²) in [6.07, 6.45) is 0. The van der Waals surface area contributed by atoms with Gasteiger partial charge in [-0.25, -0.2) is 4.79 Å². The number of carboxylic acids is 1. The van der Waals surface area contributed by atoms with Crippen molar-refractivity contribution in [2.75, 3.05) is 20.0 Å². The Bertz CT molecular complexity index is 406. The largest absolute Gasteiger partial charge is 0.494 e. The molecule has 0 aliphatic carbocycles. The summed E-state index contributed by atoms with van der Waals surface area (Å²) in [5, 5.41) is 8.93. The fourth-order valence-electron chi connectivity index (χ4n) is 1.20. The normalized spacial score (nSPS) is 9.80. The number of benzene rings is 1. The molecule has 0 radical (unpaired) electrons. The summed E-state index contributed by atoms with van der Waals surface area (Å²) in [6, 6.07) is 1.24. The Balaban J connectivity index is 3.51. The molecule has 0 spiro atoms. The fourth-order valence-corrected chi connectivity index (χ4v) is 1.57. The van der Waals surface area contributed by atoms with Gasteiger partial charge in [0.05, 0.1) is 19.9 Å². The van der Waals surface area contributed by atoms with Crippen molar-refractivity contribution in [3.05, 3.63) is 16.7 Å². The molecular formula is C9H10ClNO4. The molecule has 0 amide bonds. The predicted molar refractivity (Wildman–Crippen MR) is 55.9 cm³/mol. The number of anilines is 1. The minimum Gasteiger partial charge on any atom is -0.494 e. The zero-order valence-electron chi connectivity index (χ0n) is 8.20. The number of nitrogen functional groups attached to an aromatic ring is 1. The molecule has 82 valence electrons. The summed E-state index contributed by atoms with van der Waals surface area (Å²) in [7, 11) is 2.71. The fraction of sp³-hybridized carbons (Fsp3) is 0.222. The lowest BCUT2D eigenvalue weighted by atomic mass is 10.1. The number of hydrogen-bond donors (Lipinski definition) is 2. The zero-order valence-corrected chi connectivity index (χ0v) is 8.96. The molecule has 0 unspecified atom stereocenters. The highest BCUT2D eigenvalue weighted by molar-refractivity contribution is 6.34. The van der Waals surface area contributed by atoms with Crippen LogP contribution in [0, 0.1) is 0 Å². The van der Waals surface area contributed by atoms with E-state index in [-0.39, 0.29) is 27.8 Å². The summed E-state index contributed by atoms with van der Waals surface area (Å²) in [5.41, 5.74) is 5.62. The number of ether oxygens (including phenoxy) is 2. The Hall–Kier alpha value is -1.62. The van der Waals surface area contributed by atoms with Gasteiger partial charge in [-0.05, 0) is 6.07 Å². The van der Waals surface area contributed by atoms with Crippen LogP contribution in [0.4, 0.5) is 5.69 Å². The van der Waals surface area contributed by atoms with Gasteiger partial charge in [-0.3, -0.25) is 0 Å². The van der Waals surface area contributed by atoms with Crippen LogP contribution >= 0.6 is 11.6 Å². The van der Waals surface area contributed by atoms with Crippen molar-refractivity contribution in [2.24, 2.45) is 0 Å². The molecule has 0 saturated heterocycles. The summed E-state index contributed by atoms with van der Waals surface area (Å²) < 4.78 is 9.81. The van der Waals surface area contributed by atoms with Crippen molar-refractivity contribution in [1.82, 2.24) is 0 Å². The van der Waals surface area contributed by atoms with Gasteiger partial charge < -0.3 is 20.3 Å². The quantitative estimate of drug-likeness (QED) is 0.773. The van der Waals surface area contributed by atoms with Gasteiger partial charge in [0.15, 0.2) is 11.5 Å². The molecule has 0 saturated carbocycles. The molecule has 0 aromatic heterocycles. The second kappa shape index (κ2) is 4.27. The first-order valence-corrected chi connectivity index (χ1v) is 4.34. The van der Waals surface area contributed by atoms with Crippen molar-refractivity contribution in [3.63, 3.8) is 0 Å². The monoisotopic (exact) mass is 231 g/mol. The minimum absolute atomic E-state index is 0.0372. The molecule has 0 aliphatic heterocycles. The number of hydrogen-bond acceptors (Lipinski definition) is 4.